The van der Waals surface area contributed by atoms with Gasteiger partial charge < -0.3 is 4.42 Å². The standard InChI is InChI=1S/C50H27N3OS/c1-2-13-29-28(12-1)24-25-38-45-39(27-26-34-32-16-4-3-14-30(32)31-15-5-6-17-33(31)44(34)45)53(48(29)38)50-51-47(46-36-19-8-10-23-42(36)55-49(46)52-50)37-20-11-22-41-43(37)35-18-7-9-21-40(35)54-41/h1-27H. The second-order valence-corrected chi connectivity index (χ2v) is 15.4. The van der Waals surface area contributed by atoms with Gasteiger partial charge in [-0.2, -0.15) is 0 Å². The highest BCUT2D eigenvalue weighted by Gasteiger charge is 2.25. The molecule has 0 saturated carbocycles. The highest BCUT2D eigenvalue weighted by atomic mass is 32.1. The molecule has 0 aliphatic carbocycles. The van der Waals surface area contributed by atoms with Crippen LogP contribution in [0, 0.1) is 0 Å². The maximum atomic E-state index is 6.42. The van der Waals surface area contributed by atoms with Gasteiger partial charge in [-0.15, -0.1) is 11.3 Å². The highest BCUT2D eigenvalue weighted by molar-refractivity contribution is 7.25. The minimum Gasteiger partial charge on any atom is -0.456 e. The van der Waals surface area contributed by atoms with Crippen molar-refractivity contribution in [3.8, 4) is 17.2 Å². The average molecular weight is 718 g/mol. The first-order valence-corrected chi connectivity index (χ1v) is 19.4. The summed E-state index contributed by atoms with van der Waals surface area (Å²) in [6.45, 7) is 0. The molecule has 4 heterocycles. The number of fused-ring (bicyclic) bond motifs is 18. The summed E-state index contributed by atoms with van der Waals surface area (Å²) >= 11 is 1.73. The van der Waals surface area contributed by atoms with Gasteiger partial charge in [0.15, 0.2) is 0 Å². The Kier molecular flexibility index (Phi) is 5.74. The second-order valence-electron chi connectivity index (χ2n) is 14.4. The van der Waals surface area contributed by atoms with Crippen LogP contribution in [0.5, 0.6) is 0 Å². The van der Waals surface area contributed by atoms with Gasteiger partial charge in [0.05, 0.1) is 16.7 Å². The van der Waals surface area contributed by atoms with Gasteiger partial charge in [0.2, 0.25) is 5.95 Å². The zero-order valence-electron chi connectivity index (χ0n) is 29.2. The molecule has 0 aliphatic rings. The van der Waals surface area contributed by atoms with Crippen LogP contribution < -0.4 is 0 Å². The van der Waals surface area contributed by atoms with E-state index >= 15 is 0 Å². The van der Waals surface area contributed by atoms with Crippen molar-refractivity contribution in [3.63, 3.8) is 0 Å². The Balaban J connectivity index is 1.25. The Morgan fingerprint density at radius 2 is 1.05 bits per heavy atom. The van der Waals surface area contributed by atoms with Crippen molar-refractivity contribution in [2.24, 2.45) is 0 Å². The zero-order valence-corrected chi connectivity index (χ0v) is 30.1. The fraction of sp³-hybridized carbons (Fsp3) is 0. The minimum absolute atomic E-state index is 0.652. The fourth-order valence-corrected chi connectivity index (χ4v) is 10.4. The number of furan rings is 1. The van der Waals surface area contributed by atoms with Crippen LogP contribution in [0.2, 0.25) is 0 Å². The molecule has 0 bridgehead atoms. The molecule has 0 N–H and O–H groups in total. The third kappa shape index (κ3) is 3.89. The van der Waals surface area contributed by atoms with E-state index in [1.54, 1.807) is 11.3 Å². The summed E-state index contributed by atoms with van der Waals surface area (Å²) in [4.78, 5) is 12.2. The predicted molar refractivity (Wildman–Crippen MR) is 232 cm³/mol. The van der Waals surface area contributed by atoms with E-state index in [1.165, 1.54) is 58.6 Å². The lowest BCUT2D eigenvalue weighted by molar-refractivity contribution is 0.669. The Hall–Kier alpha value is -7.08. The normalized spacial score (nSPS) is 12.4. The Bertz CT molecular complexity index is 3760. The summed E-state index contributed by atoms with van der Waals surface area (Å²) < 4.78 is 9.94. The molecule has 5 heteroatoms. The van der Waals surface area contributed by atoms with Gasteiger partial charge >= 0.3 is 0 Å². The van der Waals surface area contributed by atoms with Crippen LogP contribution >= 0.6 is 11.3 Å². The Morgan fingerprint density at radius 3 is 1.89 bits per heavy atom. The van der Waals surface area contributed by atoms with E-state index in [9.17, 15) is 0 Å². The van der Waals surface area contributed by atoms with Gasteiger partial charge in [0, 0.05) is 53.4 Å². The van der Waals surface area contributed by atoms with Crippen LogP contribution in [-0.4, -0.2) is 14.5 Å². The van der Waals surface area contributed by atoms with E-state index in [2.05, 4.69) is 156 Å². The molecule has 4 nitrogen and oxygen atoms in total. The summed E-state index contributed by atoms with van der Waals surface area (Å²) in [5, 5.41) is 16.6. The van der Waals surface area contributed by atoms with Crippen molar-refractivity contribution in [3.05, 3.63) is 164 Å². The van der Waals surface area contributed by atoms with Crippen molar-refractivity contribution in [1.82, 2.24) is 14.5 Å². The molecule has 4 aromatic heterocycles. The second kappa shape index (κ2) is 10.8. The molecule has 0 amide bonds. The maximum absolute atomic E-state index is 6.42. The quantitative estimate of drug-likeness (QED) is 0.167. The third-order valence-electron chi connectivity index (χ3n) is 11.6. The summed E-state index contributed by atoms with van der Waals surface area (Å²) in [7, 11) is 0. The first-order chi connectivity index (χ1) is 27.3. The molecule has 0 unspecified atom stereocenters. The number of hydrogen-bond acceptors (Lipinski definition) is 4. The largest absolute Gasteiger partial charge is 0.456 e. The number of benzene rings is 9. The molecule has 55 heavy (non-hydrogen) atoms. The van der Waals surface area contributed by atoms with E-state index < -0.39 is 0 Å². The topological polar surface area (TPSA) is 43.9 Å². The van der Waals surface area contributed by atoms with E-state index in [0.29, 0.717) is 5.95 Å². The van der Waals surface area contributed by atoms with Gasteiger partial charge in [-0.25, -0.2) is 9.97 Å². The minimum atomic E-state index is 0.652. The Labute approximate surface area is 317 Å². The molecule has 254 valence electrons. The lowest BCUT2D eigenvalue weighted by atomic mass is 9.91. The molecule has 0 atom stereocenters. The first-order valence-electron chi connectivity index (χ1n) is 18.6. The van der Waals surface area contributed by atoms with Crippen LogP contribution in [0.4, 0.5) is 0 Å². The summed E-state index contributed by atoms with van der Waals surface area (Å²) in [6, 6.07) is 58.7. The van der Waals surface area contributed by atoms with E-state index in [4.69, 9.17) is 14.4 Å². The van der Waals surface area contributed by atoms with Crippen LogP contribution in [0.3, 0.4) is 0 Å². The van der Waals surface area contributed by atoms with Gasteiger partial charge in [-0.05, 0) is 56.6 Å². The smallest absolute Gasteiger partial charge is 0.236 e. The van der Waals surface area contributed by atoms with Crippen molar-refractivity contribution < 1.29 is 4.42 Å². The lowest BCUT2D eigenvalue weighted by Crippen LogP contribution is -2.03. The molecule has 0 spiro atoms. The number of hydrogen-bond donors (Lipinski definition) is 0. The average Bonchev–Trinajstić information content (AvgIpc) is 3.93. The van der Waals surface area contributed by atoms with Crippen LogP contribution in [-0.2, 0) is 0 Å². The van der Waals surface area contributed by atoms with Crippen molar-refractivity contribution in [2.45, 2.75) is 0 Å². The van der Waals surface area contributed by atoms with E-state index in [1.807, 2.05) is 12.1 Å². The monoisotopic (exact) mass is 717 g/mol. The summed E-state index contributed by atoms with van der Waals surface area (Å²) in [6.07, 6.45) is 0. The molecule has 0 aliphatic heterocycles. The molecular formula is C50H27N3OS. The summed E-state index contributed by atoms with van der Waals surface area (Å²) in [5.74, 6) is 0.652. The van der Waals surface area contributed by atoms with Crippen LogP contribution in [0.1, 0.15) is 0 Å². The maximum Gasteiger partial charge on any atom is 0.236 e. The van der Waals surface area contributed by atoms with Gasteiger partial charge in [0.1, 0.15) is 16.0 Å². The number of rotatable bonds is 2. The first kappa shape index (κ1) is 29.4. The molecule has 0 fully saturated rings. The van der Waals surface area contributed by atoms with Crippen molar-refractivity contribution >= 4 is 118 Å². The van der Waals surface area contributed by atoms with Gasteiger partial charge in [0.25, 0.3) is 0 Å². The fourth-order valence-electron chi connectivity index (χ4n) is 9.35. The van der Waals surface area contributed by atoms with Crippen LogP contribution in [0.15, 0.2) is 168 Å². The number of aromatic nitrogens is 3. The summed E-state index contributed by atoms with van der Waals surface area (Å²) in [5.41, 5.74) is 5.84. The number of para-hydroxylation sites is 1. The number of thiophene rings is 1. The lowest BCUT2D eigenvalue weighted by Gasteiger charge is -2.13. The van der Waals surface area contributed by atoms with Crippen LogP contribution in [0.25, 0.3) is 124 Å². The molecule has 13 aromatic rings. The molecule has 0 saturated heterocycles. The number of nitrogens with zero attached hydrogens (tertiary/aromatic N) is 3. The van der Waals surface area contributed by atoms with Gasteiger partial charge in [-0.1, -0.05) is 140 Å². The molecule has 9 aromatic carbocycles. The third-order valence-corrected chi connectivity index (χ3v) is 12.7. The van der Waals surface area contributed by atoms with Gasteiger partial charge in [-0.3, -0.25) is 4.57 Å². The Morgan fingerprint density at radius 1 is 0.418 bits per heavy atom. The molecule has 0 radical (unpaired) electrons. The van der Waals surface area contributed by atoms with E-state index in [0.717, 1.165) is 59.8 Å². The highest BCUT2D eigenvalue weighted by Crippen LogP contribution is 2.47. The molecule has 13 rings (SSSR count). The predicted octanol–water partition coefficient (Wildman–Crippen LogP) is 14.1. The van der Waals surface area contributed by atoms with Crippen molar-refractivity contribution in [1.29, 1.82) is 0 Å². The zero-order chi connectivity index (χ0) is 35.8. The van der Waals surface area contributed by atoms with E-state index in [-0.39, 0.29) is 0 Å². The van der Waals surface area contributed by atoms with Crippen molar-refractivity contribution in [2.75, 3.05) is 0 Å². The SMILES string of the molecule is c1ccc2c(c1)ccc1c3c4c5ccccc5c5ccccc5c4ccc3n(-c3nc(-c4cccc5oc6ccccc6c45)c4c(n3)sc3ccccc34)c21. The molecular weight excluding hydrogens is 691 g/mol.